The van der Waals surface area contributed by atoms with Gasteiger partial charge in [0.25, 0.3) is 0 Å². The van der Waals surface area contributed by atoms with Gasteiger partial charge in [0.1, 0.15) is 0 Å². The number of carbonyl (C=O) groups is 2. The van der Waals surface area contributed by atoms with Crippen LogP contribution >= 0.6 is 11.8 Å². The lowest BCUT2D eigenvalue weighted by atomic mass is 10.0. The Morgan fingerprint density at radius 1 is 0.974 bits per heavy atom. The zero-order valence-corrected chi connectivity index (χ0v) is 23.2. The molecule has 6 nitrogen and oxygen atoms in total. The summed E-state index contributed by atoms with van der Waals surface area (Å²) in [5.41, 5.74) is 3.67. The molecule has 38 heavy (non-hydrogen) atoms. The van der Waals surface area contributed by atoms with Gasteiger partial charge in [-0.05, 0) is 86.0 Å². The van der Waals surface area contributed by atoms with E-state index in [2.05, 4.69) is 25.6 Å². The van der Waals surface area contributed by atoms with Gasteiger partial charge < -0.3 is 9.64 Å². The third-order valence-corrected chi connectivity index (χ3v) is 6.81. The molecular formula is C31H34N2O4S. The van der Waals surface area contributed by atoms with Crippen molar-refractivity contribution in [3.63, 3.8) is 0 Å². The predicted octanol–water partition coefficient (Wildman–Crippen LogP) is 7.96. The van der Waals surface area contributed by atoms with Crippen LogP contribution in [0, 0.1) is 5.92 Å². The summed E-state index contributed by atoms with van der Waals surface area (Å²) in [6.45, 7) is 10.0. The molecule has 0 spiro atoms. The van der Waals surface area contributed by atoms with Crippen LogP contribution in [0.2, 0.25) is 0 Å². The van der Waals surface area contributed by atoms with Crippen LogP contribution < -0.4 is 4.90 Å². The maximum absolute atomic E-state index is 13.2. The second kappa shape index (κ2) is 14.2. The number of anilines is 1. The molecule has 0 aliphatic rings. The Kier molecular flexibility index (Phi) is 10.7. The molecule has 0 unspecified atom stereocenters. The van der Waals surface area contributed by atoms with E-state index < -0.39 is 6.16 Å². The van der Waals surface area contributed by atoms with Gasteiger partial charge in [-0.25, -0.2) is 4.79 Å². The zero-order chi connectivity index (χ0) is 27.5. The van der Waals surface area contributed by atoms with Gasteiger partial charge in [-0.1, -0.05) is 61.6 Å². The fourth-order valence-electron chi connectivity index (χ4n) is 3.66. The Balaban J connectivity index is 1.71. The Labute approximate surface area is 229 Å². The van der Waals surface area contributed by atoms with Crippen LogP contribution in [0.3, 0.4) is 0 Å². The molecule has 0 N–H and O–H groups in total. The van der Waals surface area contributed by atoms with Gasteiger partial charge in [0, 0.05) is 28.0 Å². The molecule has 0 amide bonds. The Hall–Kier alpha value is -3.84. The van der Waals surface area contributed by atoms with E-state index in [1.807, 2.05) is 84.7 Å². The van der Waals surface area contributed by atoms with Crippen molar-refractivity contribution in [2.45, 2.75) is 43.4 Å². The van der Waals surface area contributed by atoms with Crippen molar-refractivity contribution >= 4 is 35.1 Å². The molecule has 0 fully saturated rings. The summed E-state index contributed by atoms with van der Waals surface area (Å²) in [5.74, 6) is 0.456. The number of para-hydroxylation sites is 1. The fourth-order valence-corrected chi connectivity index (χ4v) is 4.47. The van der Waals surface area contributed by atoms with Gasteiger partial charge in [0.15, 0.2) is 5.78 Å². The van der Waals surface area contributed by atoms with Crippen molar-refractivity contribution in [1.29, 1.82) is 0 Å². The molecule has 3 aromatic carbocycles. The number of ketones is 1. The molecule has 0 bridgehead atoms. The van der Waals surface area contributed by atoms with E-state index >= 15 is 0 Å². The molecular weight excluding hydrogens is 496 g/mol. The summed E-state index contributed by atoms with van der Waals surface area (Å²) >= 11 is 1.60. The third kappa shape index (κ3) is 8.08. The van der Waals surface area contributed by atoms with E-state index in [4.69, 9.17) is 9.57 Å². The monoisotopic (exact) mass is 530 g/mol. The highest BCUT2D eigenvalue weighted by Crippen LogP contribution is 2.29. The zero-order valence-electron chi connectivity index (χ0n) is 22.3. The first-order valence-corrected chi connectivity index (χ1v) is 13.4. The first-order valence-electron chi connectivity index (χ1n) is 12.6. The smallest absolute Gasteiger partial charge is 0.433 e. The van der Waals surface area contributed by atoms with E-state index in [-0.39, 0.29) is 12.4 Å². The Morgan fingerprint density at radius 2 is 1.58 bits per heavy atom. The Morgan fingerprint density at radius 3 is 2.16 bits per heavy atom. The highest BCUT2D eigenvalue weighted by molar-refractivity contribution is 7.99. The van der Waals surface area contributed by atoms with Gasteiger partial charge in [0.2, 0.25) is 0 Å². The number of carbonyl (C=O) groups excluding carboxylic acids is 2. The second-order valence-electron chi connectivity index (χ2n) is 9.04. The van der Waals surface area contributed by atoms with Gasteiger partial charge in [-0.3, -0.25) is 9.63 Å². The lowest BCUT2D eigenvalue weighted by Crippen LogP contribution is -2.13. The number of nitrogens with zero attached hydrogens (tertiary/aromatic N) is 2. The normalized spacial score (nSPS) is 11.2. The van der Waals surface area contributed by atoms with Crippen LogP contribution in [-0.2, 0) is 9.57 Å². The topological polar surface area (TPSA) is 68.2 Å². The number of ether oxygens (including phenoxy) is 1. The van der Waals surface area contributed by atoms with Gasteiger partial charge in [-0.2, -0.15) is 0 Å². The van der Waals surface area contributed by atoms with E-state index in [9.17, 15) is 9.59 Å². The molecule has 0 aromatic heterocycles. The van der Waals surface area contributed by atoms with E-state index in [0.717, 1.165) is 27.5 Å². The third-order valence-electron chi connectivity index (χ3n) is 5.79. The molecule has 3 rings (SSSR count). The number of oxime groups is 1. The van der Waals surface area contributed by atoms with Gasteiger partial charge in [-0.15, -0.1) is 0 Å². The summed E-state index contributed by atoms with van der Waals surface area (Å²) in [6, 6.07) is 23.1. The molecule has 7 heteroatoms. The lowest BCUT2D eigenvalue weighted by Gasteiger charge is -2.17. The summed E-state index contributed by atoms with van der Waals surface area (Å²) in [6.07, 6.45) is 2.48. The van der Waals surface area contributed by atoms with Crippen LogP contribution in [0.25, 0.3) is 0 Å². The largest absolute Gasteiger partial charge is 0.535 e. The fraction of sp³-hybridized carbons (Fsp3) is 0.258. The SMILES string of the molecule is C=CN(C)c1ccccc1C(=O)c1ccc(Sc2ccc(C(CCC(C)C)=NOC(=O)OCC)cc2)cc1. The quantitative estimate of drug-likeness (QED) is 0.0778. The van der Waals surface area contributed by atoms with Crippen molar-refractivity contribution < 1.29 is 19.2 Å². The van der Waals surface area contributed by atoms with E-state index in [0.29, 0.717) is 29.2 Å². The summed E-state index contributed by atoms with van der Waals surface area (Å²) in [4.78, 5) is 33.6. The summed E-state index contributed by atoms with van der Waals surface area (Å²) in [7, 11) is 1.87. The average Bonchev–Trinajstić information content (AvgIpc) is 2.93. The Bertz CT molecular complexity index is 1270. The van der Waals surface area contributed by atoms with Crippen LogP contribution in [0.15, 0.2) is 101 Å². The molecule has 0 atom stereocenters. The van der Waals surface area contributed by atoms with E-state index in [1.54, 1.807) is 24.9 Å². The highest BCUT2D eigenvalue weighted by Gasteiger charge is 2.15. The lowest BCUT2D eigenvalue weighted by molar-refractivity contribution is 0.0612. The van der Waals surface area contributed by atoms with Crippen molar-refractivity contribution in [1.82, 2.24) is 0 Å². The minimum Gasteiger partial charge on any atom is -0.433 e. The number of hydrogen-bond acceptors (Lipinski definition) is 7. The van der Waals surface area contributed by atoms with Gasteiger partial charge in [0.05, 0.1) is 18.0 Å². The molecule has 0 heterocycles. The predicted molar refractivity (Wildman–Crippen MR) is 154 cm³/mol. The molecule has 0 saturated heterocycles. The molecule has 198 valence electrons. The average molecular weight is 531 g/mol. The first-order chi connectivity index (χ1) is 18.3. The molecule has 0 radical (unpaired) electrons. The van der Waals surface area contributed by atoms with Gasteiger partial charge >= 0.3 is 6.16 Å². The van der Waals surface area contributed by atoms with Crippen molar-refractivity contribution in [2.75, 3.05) is 18.6 Å². The second-order valence-corrected chi connectivity index (χ2v) is 10.2. The molecule has 0 aliphatic carbocycles. The first kappa shape index (κ1) is 28.7. The van der Waals surface area contributed by atoms with Crippen molar-refractivity contribution in [3.8, 4) is 0 Å². The van der Waals surface area contributed by atoms with Crippen LogP contribution in [-0.4, -0.2) is 31.3 Å². The summed E-state index contributed by atoms with van der Waals surface area (Å²) < 4.78 is 4.81. The van der Waals surface area contributed by atoms with E-state index in [1.165, 1.54) is 0 Å². The number of benzene rings is 3. The molecule has 0 saturated carbocycles. The standard InChI is InChI=1S/C31H34N2O4S/c1-6-33(5)29-11-9-8-10-27(29)30(34)24-15-19-26(20-16-24)38-25-17-13-23(14-18-25)28(21-12-22(3)4)32-37-31(35)36-7-2/h6,8-11,13-20,22H,1,7,12,21H2,2-5H3. The minimum atomic E-state index is -0.806. The van der Waals surface area contributed by atoms with Crippen molar-refractivity contribution in [2.24, 2.45) is 11.1 Å². The van der Waals surface area contributed by atoms with Crippen LogP contribution in [0.1, 0.15) is 55.1 Å². The summed E-state index contributed by atoms with van der Waals surface area (Å²) in [5, 5.41) is 4.07. The highest BCUT2D eigenvalue weighted by atomic mass is 32.2. The van der Waals surface area contributed by atoms with Crippen molar-refractivity contribution in [3.05, 3.63) is 102 Å². The van der Waals surface area contributed by atoms with Crippen LogP contribution in [0.5, 0.6) is 0 Å². The molecule has 0 aliphatic heterocycles. The molecule has 3 aromatic rings. The number of rotatable bonds is 12. The maximum Gasteiger partial charge on any atom is 0.535 e. The minimum absolute atomic E-state index is 0.0338. The number of hydrogen-bond donors (Lipinski definition) is 0. The maximum atomic E-state index is 13.2. The van der Waals surface area contributed by atoms with Crippen LogP contribution in [0.4, 0.5) is 10.5 Å².